The van der Waals surface area contributed by atoms with Crippen molar-refractivity contribution in [2.75, 3.05) is 0 Å². The van der Waals surface area contributed by atoms with Gasteiger partial charge in [-0.15, -0.1) is 0 Å². The summed E-state index contributed by atoms with van der Waals surface area (Å²) in [4.78, 5) is 0. The Bertz CT molecular complexity index is 3760. The van der Waals surface area contributed by atoms with Gasteiger partial charge in [0.25, 0.3) is 0 Å². The minimum atomic E-state index is -0.222. The lowest BCUT2D eigenvalue weighted by Crippen LogP contribution is -2.54. The molecule has 4 nitrogen and oxygen atoms in total. The van der Waals surface area contributed by atoms with Gasteiger partial charge in [-0.1, -0.05) is 194 Å². The van der Waals surface area contributed by atoms with Crippen LogP contribution in [0.15, 0.2) is 229 Å². The highest BCUT2D eigenvalue weighted by atomic mass is 16.3. The van der Waals surface area contributed by atoms with E-state index in [0.717, 1.165) is 49.8 Å². The van der Waals surface area contributed by atoms with Gasteiger partial charge in [-0.3, -0.25) is 16.0 Å². The molecule has 12 aromatic rings. The van der Waals surface area contributed by atoms with Crippen molar-refractivity contribution < 1.29 is 4.42 Å². The van der Waals surface area contributed by atoms with E-state index in [2.05, 4.69) is 240 Å². The topological polar surface area (TPSA) is 49.2 Å². The molecule has 11 aromatic carbocycles. The lowest BCUT2D eigenvalue weighted by atomic mass is 9.91. The third-order valence-corrected chi connectivity index (χ3v) is 13.6. The fourth-order valence-electron chi connectivity index (χ4n) is 10.3. The van der Waals surface area contributed by atoms with Crippen molar-refractivity contribution in [2.24, 2.45) is 0 Å². The fraction of sp³-hybridized carbons (Fsp3) is 0.0492. The van der Waals surface area contributed by atoms with Gasteiger partial charge in [-0.25, -0.2) is 0 Å². The number of furan rings is 1. The number of nitrogens with one attached hydrogen (secondary N) is 3. The molecule has 1 saturated heterocycles. The summed E-state index contributed by atoms with van der Waals surface area (Å²) >= 11 is 0. The Labute approximate surface area is 376 Å². The van der Waals surface area contributed by atoms with Crippen molar-refractivity contribution in [3.63, 3.8) is 0 Å². The lowest BCUT2D eigenvalue weighted by Gasteiger charge is -2.40. The Balaban J connectivity index is 0.989. The maximum atomic E-state index is 7.07. The molecule has 1 aromatic heterocycles. The van der Waals surface area contributed by atoms with Crippen LogP contribution in [0.5, 0.6) is 0 Å². The van der Waals surface area contributed by atoms with Gasteiger partial charge in [-0.2, -0.15) is 0 Å². The van der Waals surface area contributed by atoms with Crippen LogP contribution in [0.2, 0.25) is 0 Å². The molecule has 0 spiro atoms. The average Bonchev–Trinajstić information content (AvgIpc) is 3.77. The average molecular weight is 834 g/mol. The molecule has 0 radical (unpaired) electrons. The molecule has 1 aliphatic rings. The van der Waals surface area contributed by atoms with E-state index in [1.165, 1.54) is 65.3 Å². The first kappa shape index (κ1) is 37.7. The quantitative estimate of drug-likeness (QED) is 0.146. The molecule has 0 aliphatic carbocycles. The summed E-state index contributed by atoms with van der Waals surface area (Å²) in [7, 11) is 0. The predicted octanol–water partition coefficient (Wildman–Crippen LogP) is 15.4. The van der Waals surface area contributed by atoms with Crippen LogP contribution in [0.4, 0.5) is 0 Å². The summed E-state index contributed by atoms with van der Waals surface area (Å²) in [5, 5.41) is 24.0. The van der Waals surface area contributed by atoms with Gasteiger partial charge in [-0.05, 0) is 118 Å². The maximum Gasteiger partial charge on any atom is 0.143 e. The highest BCUT2D eigenvalue weighted by Crippen LogP contribution is 2.44. The van der Waals surface area contributed by atoms with E-state index in [-0.39, 0.29) is 18.5 Å². The molecule has 0 bridgehead atoms. The minimum Gasteiger partial charge on any atom is -0.455 e. The molecule has 4 heteroatoms. The first-order valence-corrected chi connectivity index (χ1v) is 22.5. The molecule has 3 atom stereocenters. The lowest BCUT2D eigenvalue weighted by molar-refractivity contribution is 0.204. The van der Waals surface area contributed by atoms with Gasteiger partial charge >= 0.3 is 0 Å². The number of hydrogen-bond donors (Lipinski definition) is 3. The van der Waals surface area contributed by atoms with E-state index >= 15 is 0 Å². The Kier molecular flexibility index (Phi) is 8.95. The summed E-state index contributed by atoms with van der Waals surface area (Å²) in [5.41, 5.74) is 12.1. The minimum absolute atomic E-state index is 0.122. The molecule has 0 amide bonds. The first-order valence-electron chi connectivity index (χ1n) is 22.5. The zero-order chi connectivity index (χ0) is 42.8. The van der Waals surface area contributed by atoms with Crippen molar-refractivity contribution >= 4 is 65.0 Å². The van der Waals surface area contributed by atoms with E-state index in [9.17, 15) is 0 Å². The van der Waals surface area contributed by atoms with Gasteiger partial charge in [0.05, 0.1) is 18.5 Å². The van der Waals surface area contributed by atoms with Crippen molar-refractivity contribution in [1.82, 2.24) is 16.0 Å². The van der Waals surface area contributed by atoms with Gasteiger partial charge in [0.2, 0.25) is 0 Å². The summed E-state index contributed by atoms with van der Waals surface area (Å²) < 4.78 is 7.07. The van der Waals surface area contributed by atoms with Crippen molar-refractivity contribution in [3.8, 4) is 33.4 Å². The van der Waals surface area contributed by atoms with Crippen LogP contribution in [0.25, 0.3) is 98.4 Å². The summed E-state index contributed by atoms with van der Waals surface area (Å²) in [6, 6.07) is 81.4. The smallest absolute Gasteiger partial charge is 0.143 e. The van der Waals surface area contributed by atoms with E-state index in [4.69, 9.17) is 4.42 Å². The number of hydrogen-bond acceptors (Lipinski definition) is 4. The Morgan fingerprint density at radius 1 is 0.308 bits per heavy atom. The van der Waals surface area contributed by atoms with E-state index in [1.54, 1.807) is 0 Å². The van der Waals surface area contributed by atoms with Crippen LogP contribution in [0, 0.1) is 0 Å². The molecule has 1 aliphatic heterocycles. The Morgan fingerprint density at radius 3 is 1.52 bits per heavy atom. The van der Waals surface area contributed by atoms with Crippen molar-refractivity contribution in [3.05, 3.63) is 241 Å². The number of benzene rings is 11. The van der Waals surface area contributed by atoms with Crippen molar-refractivity contribution in [2.45, 2.75) is 18.5 Å². The summed E-state index contributed by atoms with van der Waals surface area (Å²) in [6.07, 6.45) is -0.485. The van der Waals surface area contributed by atoms with Crippen LogP contribution in [0.3, 0.4) is 0 Å². The van der Waals surface area contributed by atoms with E-state index in [1.807, 2.05) is 0 Å². The molecule has 2 heterocycles. The van der Waals surface area contributed by atoms with Crippen LogP contribution in [-0.4, -0.2) is 0 Å². The van der Waals surface area contributed by atoms with E-state index < -0.39 is 0 Å². The molecule has 0 saturated carbocycles. The van der Waals surface area contributed by atoms with Crippen LogP contribution in [0.1, 0.15) is 35.2 Å². The van der Waals surface area contributed by atoms with Gasteiger partial charge < -0.3 is 4.42 Å². The third kappa shape index (κ3) is 6.58. The van der Waals surface area contributed by atoms with Crippen LogP contribution in [-0.2, 0) is 0 Å². The number of rotatable bonds is 6. The van der Waals surface area contributed by atoms with E-state index in [0.29, 0.717) is 0 Å². The molecule has 308 valence electrons. The second kappa shape index (κ2) is 15.4. The highest BCUT2D eigenvalue weighted by molar-refractivity contribution is 6.15. The van der Waals surface area contributed by atoms with Crippen molar-refractivity contribution in [1.29, 1.82) is 0 Å². The van der Waals surface area contributed by atoms with Gasteiger partial charge in [0.15, 0.2) is 0 Å². The number of fused-ring (bicyclic) bond motifs is 9. The summed E-state index contributed by atoms with van der Waals surface area (Å²) in [6.45, 7) is 0. The molecule has 13 rings (SSSR count). The normalized spacial score (nSPS) is 16.6. The second-order valence-corrected chi connectivity index (χ2v) is 17.4. The molecule has 3 N–H and O–H groups in total. The fourth-order valence-corrected chi connectivity index (χ4v) is 10.3. The van der Waals surface area contributed by atoms with Gasteiger partial charge in [0, 0.05) is 16.3 Å². The highest BCUT2D eigenvalue weighted by Gasteiger charge is 2.32. The zero-order valence-corrected chi connectivity index (χ0v) is 35.5. The Morgan fingerprint density at radius 2 is 0.831 bits per heavy atom. The van der Waals surface area contributed by atoms with Crippen LogP contribution < -0.4 is 16.0 Å². The molecular formula is C61H43N3O. The first-order chi connectivity index (χ1) is 32.2. The monoisotopic (exact) mass is 833 g/mol. The maximum absolute atomic E-state index is 7.07. The molecule has 1 fully saturated rings. The molecular weight excluding hydrogens is 791 g/mol. The third-order valence-electron chi connectivity index (χ3n) is 13.6. The van der Waals surface area contributed by atoms with Gasteiger partial charge in [0.1, 0.15) is 11.2 Å². The zero-order valence-electron chi connectivity index (χ0n) is 35.5. The molecule has 3 unspecified atom stereocenters. The molecule has 65 heavy (non-hydrogen) atoms. The summed E-state index contributed by atoms with van der Waals surface area (Å²) in [5.74, 6) is 0. The largest absolute Gasteiger partial charge is 0.455 e. The SMILES string of the molecule is c1ccc(-c2ccc(C3NC(c4ccccc4)NC(c4cccc5oc6c(-c7ccc8c(ccc9ccccc98)c7)cc(-c7ccc8c(ccc9ccccc98)c7)cc6c45)N3)cc2)cc1. The Hall–Kier alpha value is -7.86. The predicted molar refractivity (Wildman–Crippen MR) is 271 cm³/mol. The standard InChI is InChI=1S/C61H43N3O/c1-3-12-38(13-4-1)39-22-26-43(27-23-39)60-62-59(42-16-5-2-6-17-42)63-61(64-60)53-20-11-21-56-57(53)55-37-48(44-30-32-51-45(34-44)28-24-40-14-7-9-18-49(40)51)36-54(58(55)65-56)47-31-33-52-46(35-47)29-25-41-15-8-10-19-50(41)52/h1-37,59-64H. The van der Waals surface area contributed by atoms with Crippen LogP contribution >= 0.6 is 0 Å². The second-order valence-electron chi connectivity index (χ2n) is 17.4.